The summed E-state index contributed by atoms with van der Waals surface area (Å²) in [7, 11) is -3.67. The first kappa shape index (κ1) is 23.0. The van der Waals surface area contributed by atoms with E-state index in [1.54, 1.807) is 11.4 Å². The quantitative estimate of drug-likeness (QED) is 0.649. The molecule has 1 unspecified atom stereocenters. The van der Waals surface area contributed by atoms with Crippen molar-refractivity contribution >= 4 is 27.3 Å². The number of amides is 1. The van der Waals surface area contributed by atoms with Crippen molar-refractivity contribution in [3.05, 3.63) is 17.3 Å². The molecule has 2 aromatic rings. The van der Waals surface area contributed by atoms with Crippen LogP contribution in [-0.4, -0.2) is 47.9 Å². The summed E-state index contributed by atoms with van der Waals surface area (Å²) in [4.78, 5) is 17.3. The lowest BCUT2D eigenvalue weighted by Crippen LogP contribution is -2.48. The van der Waals surface area contributed by atoms with Gasteiger partial charge in [0.15, 0.2) is 0 Å². The molecule has 1 N–H and O–H groups in total. The zero-order chi connectivity index (χ0) is 23.0. The van der Waals surface area contributed by atoms with Crippen LogP contribution in [0, 0.1) is 11.8 Å². The second-order valence-corrected chi connectivity index (χ2v) is 13.0. The van der Waals surface area contributed by atoms with Crippen LogP contribution in [0.4, 0.5) is 0 Å². The number of hydrogen-bond acceptors (Lipinski definition) is 7. The third-order valence-corrected chi connectivity index (χ3v) is 10.7. The van der Waals surface area contributed by atoms with Crippen molar-refractivity contribution in [2.45, 2.75) is 80.9 Å². The maximum absolute atomic E-state index is 13.3. The van der Waals surface area contributed by atoms with Crippen molar-refractivity contribution in [3.8, 4) is 11.4 Å². The van der Waals surface area contributed by atoms with Gasteiger partial charge < -0.3 is 9.84 Å². The fourth-order valence-corrected chi connectivity index (χ4v) is 7.80. The SMILES string of the molecule is CC1CCC(NC(=O)C2CCCN(S(=O)(=O)c3cc(-c4noc(C5CCC5)n4)cs3)C2)CC1. The Bertz CT molecular complexity index is 1080. The van der Waals surface area contributed by atoms with E-state index < -0.39 is 10.0 Å². The number of sulfonamides is 1. The van der Waals surface area contributed by atoms with Gasteiger partial charge in [0.2, 0.25) is 17.6 Å². The molecule has 1 saturated heterocycles. The number of piperidine rings is 1. The highest BCUT2D eigenvalue weighted by Crippen LogP contribution is 2.37. The van der Waals surface area contributed by atoms with Crippen LogP contribution in [-0.2, 0) is 14.8 Å². The van der Waals surface area contributed by atoms with Crippen LogP contribution < -0.4 is 5.32 Å². The largest absolute Gasteiger partial charge is 0.353 e. The smallest absolute Gasteiger partial charge is 0.252 e. The lowest BCUT2D eigenvalue weighted by molar-refractivity contribution is -0.127. The molecule has 1 aliphatic heterocycles. The molecule has 3 aliphatic rings. The van der Waals surface area contributed by atoms with Crippen LogP contribution in [0.1, 0.15) is 76.5 Å². The van der Waals surface area contributed by atoms with E-state index in [2.05, 4.69) is 22.4 Å². The Morgan fingerprint density at radius 1 is 1.15 bits per heavy atom. The van der Waals surface area contributed by atoms with Crippen LogP contribution in [0.5, 0.6) is 0 Å². The molecular weight excluding hydrogens is 460 g/mol. The number of nitrogens with one attached hydrogen (secondary N) is 1. The second-order valence-electron chi connectivity index (χ2n) is 9.91. The van der Waals surface area contributed by atoms with Crippen LogP contribution in [0.2, 0.25) is 0 Å². The molecule has 1 amide bonds. The van der Waals surface area contributed by atoms with Crippen molar-refractivity contribution in [1.29, 1.82) is 0 Å². The Morgan fingerprint density at radius 3 is 2.67 bits per heavy atom. The van der Waals surface area contributed by atoms with Crippen molar-refractivity contribution in [2.24, 2.45) is 11.8 Å². The molecule has 1 atom stereocenters. The second kappa shape index (κ2) is 9.46. The Balaban J connectivity index is 1.24. The summed E-state index contributed by atoms with van der Waals surface area (Å²) in [6.07, 6.45) is 9.02. The van der Waals surface area contributed by atoms with Crippen molar-refractivity contribution in [2.75, 3.05) is 13.1 Å². The molecule has 0 aromatic carbocycles. The van der Waals surface area contributed by atoms with E-state index >= 15 is 0 Å². The van der Waals surface area contributed by atoms with Gasteiger partial charge in [-0.3, -0.25) is 4.79 Å². The van der Waals surface area contributed by atoms with E-state index in [9.17, 15) is 13.2 Å². The number of thiophene rings is 1. The lowest BCUT2D eigenvalue weighted by atomic mass is 9.85. The highest BCUT2D eigenvalue weighted by atomic mass is 32.2. The topological polar surface area (TPSA) is 105 Å². The highest BCUT2D eigenvalue weighted by Gasteiger charge is 2.35. The molecule has 2 saturated carbocycles. The molecule has 3 heterocycles. The van der Waals surface area contributed by atoms with Gasteiger partial charge in [-0.25, -0.2) is 8.42 Å². The average molecular weight is 493 g/mol. The van der Waals surface area contributed by atoms with E-state index in [4.69, 9.17) is 4.52 Å². The first-order valence-electron chi connectivity index (χ1n) is 12.1. The maximum atomic E-state index is 13.3. The summed E-state index contributed by atoms with van der Waals surface area (Å²) < 4.78 is 33.8. The molecule has 10 heteroatoms. The monoisotopic (exact) mass is 492 g/mol. The van der Waals surface area contributed by atoms with Gasteiger partial charge in [-0.15, -0.1) is 11.3 Å². The molecule has 180 valence electrons. The summed E-state index contributed by atoms with van der Waals surface area (Å²) in [5.74, 6) is 1.84. The molecule has 0 bridgehead atoms. The van der Waals surface area contributed by atoms with Crippen LogP contribution in [0.15, 0.2) is 20.2 Å². The zero-order valence-electron chi connectivity index (χ0n) is 19.0. The lowest BCUT2D eigenvalue weighted by Gasteiger charge is -2.33. The number of nitrogens with zero attached hydrogens (tertiary/aromatic N) is 3. The Kier molecular flexibility index (Phi) is 6.59. The fraction of sp³-hybridized carbons (Fsp3) is 0.696. The van der Waals surface area contributed by atoms with E-state index in [0.29, 0.717) is 36.2 Å². The number of carbonyl (C=O) groups excluding carboxylic acids is 1. The fourth-order valence-electron chi connectivity index (χ4n) is 4.97. The minimum Gasteiger partial charge on any atom is -0.353 e. The molecule has 0 spiro atoms. The summed E-state index contributed by atoms with van der Waals surface area (Å²) in [6.45, 7) is 2.93. The Labute approximate surface area is 199 Å². The van der Waals surface area contributed by atoms with Crippen LogP contribution in [0.25, 0.3) is 11.4 Å². The molecule has 2 aromatic heterocycles. The Morgan fingerprint density at radius 2 is 1.94 bits per heavy atom. The first-order valence-corrected chi connectivity index (χ1v) is 14.4. The summed E-state index contributed by atoms with van der Waals surface area (Å²) in [6, 6.07) is 1.85. The zero-order valence-corrected chi connectivity index (χ0v) is 20.7. The Hall–Kier alpha value is -1.78. The molecule has 3 fully saturated rings. The van der Waals surface area contributed by atoms with Gasteiger partial charge in [0.1, 0.15) is 4.21 Å². The van der Waals surface area contributed by atoms with E-state index in [0.717, 1.165) is 50.9 Å². The van der Waals surface area contributed by atoms with Gasteiger partial charge >= 0.3 is 0 Å². The minimum absolute atomic E-state index is 0.00311. The number of carbonyl (C=O) groups is 1. The van der Waals surface area contributed by atoms with E-state index in [-0.39, 0.29) is 28.6 Å². The third-order valence-electron chi connectivity index (χ3n) is 7.44. The molecule has 2 aliphatic carbocycles. The third kappa shape index (κ3) is 4.88. The maximum Gasteiger partial charge on any atom is 0.252 e. The summed E-state index contributed by atoms with van der Waals surface area (Å²) in [5, 5.41) is 9.00. The summed E-state index contributed by atoms with van der Waals surface area (Å²) in [5.41, 5.74) is 0.658. The minimum atomic E-state index is -3.67. The van der Waals surface area contributed by atoms with Crippen molar-refractivity contribution in [1.82, 2.24) is 19.8 Å². The van der Waals surface area contributed by atoms with Crippen LogP contribution >= 0.6 is 11.3 Å². The number of aromatic nitrogens is 2. The molecular formula is C23H32N4O4S2. The average Bonchev–Trinajstić information content (AvgIpc) is 3.44. The predicted octanol–water partition coefficient (Wildman–Crippen LogP) is 4.16. The molecule has 5 rings (SSSR count). The predicted molar refractivity (Wildman–Crippen MR) is 125 cm³/mol. The standard InChI is InChI=1S/C23H32N4O4S2/c1-15-7-9-19(10-8-15)24-22(28)17-6-3-11-27(13-17)33(29,30)20-12-18(14-32-20)21-25-23(31-26-21)16-4-2-5-16/h12,14-17,19H,2-11,13H2,1H3,(H,24,28). The van der Waals surface area contributed by atoms with E-state index in [1.165, 1.54) is 22.1 Å². The molecule has 0 radical (unpaired) electrons. The first-order chi connectivity index (χ1) is 15.9. The van der Waals surface area contributed by atoms with Gasteiger partial charge in [-0.05, 0) is 63.4 Å². The highest BCUT2D eigenvalue weighted by molar-refractivity contribution is 7.91. The molecule has 33 heavy (non-hydrogen) atoms. The number of rotatable bonds is 6. The van der Waals surface area contributed by atoms with Crippen molar-refractivity contribution < 1.29 is 17.7 Å². The normalized spacial score (nSPS) is 27.2. The van der Waals surface area contributed by atoms with Crippen molar-refractivity contribution in [3.63, 3.8) is 0 Å². The van der Waals surface area contributed by atoms with E-state index in [1.807, 2.05) is 0 Å². The van der Waals surface area contributed by atoms with Crippen LogP contribution in [0.3, 0.4) is 0 Å². The number of hydrogen-bond donors (Lipinski definition) is 1. The van der Waals surface area contributed by atoms with Gasteiger partial charge in [-0.1, -0.05) is 18.5 Å². The molecule has 8 nitrogen and oxygen atoms in total. The van der Waals surface area contributed by atoms with Gasteiger partial charge in [-0.2, -0.15) is 9.29 Å². The summed E-state index contributed by atoms with van der Waals surface area (Å²) >= 11 is 1.17. The van der Waals surface area contributed by atoms with Gasteiger partial charge in [0.05, 0.1) is 5.92 Å². The van der Waals surface area contributed by atoms with Gasteiger partial charge in [0.25, 0.3) is 10.0 Å². The van der Waals surface area contributed by atoms with Gasteiger partial charge in [0, 0.05) is 36.0 Å².